The first-order valence-corrected chi connectivity index (χ1v) is 10.6. The summed E-state index contributed by atoms with van der Waals surface area (Å²) in [7, 11) is 1.67. The average molecular weight is 430 g/mol. The summed E-state index contributed by atoms with van der Waals surface area (Å²) >= 11 is 1.34. The summed E-state index contributed by atoms with van der Waals surface area (Å²) in [6.45, 7) is 0.235. The largest absolute Gasteiger partial charge is 0.337 e. The summed E-state index contributed by atoms with van der Waals surface area (Å²) < 4.78 is 2.44. The Morgan fingerprint density at radius 2 is 1.68 bits per heavy atom. The van der Waals surface area contributed by atoms with E-state index in [4.69, 9.17) is 0 Å². The molecule has 0 aliphatic heterocycles. The summed E-state index contributed by atoms with van der Waals surface area (Å²) in [5, 5.41) is 2.97. The van der Waals surface area contributed by atoms with Gasteiger partial charge in [0.15, 0.2) is 5.43 Å². The Morgan fingerprint density at radius 3 is 2.35 bits per heavy atom. The SMILES string of the molecule is CN(Cc1nc2ccsc2c(=O)[nH]1)C(=O)Cn1c2ccccc2c(=O)c2ccccc21. The van der Waals surface area contributed by atoms with Crippen LogP contribution in [0.4, 0.5) is 0 Å². The molecule has 0 radical (unpaired) electrons. The van der Waals surface area contributed by atoms with Gasteiger partial charge in [-0.25, -0.2) is 4.98 Å². The number of carbonyl (C=O) groups is 1. The van der Waals surface area contributed by atoms with Gasteiger partial charge in [-0.3, -0.25) is 14.4 Å². The number of hydrogen-bond acceptors (Lipinski definition) is 5. The van der Waals surface area contributed by atoms with E-state index in [0.29, 0.717) is 37.8 Å². The number of rotatable bonds is 4. The second kappa shape index (κ2) is 7.48. The number of amides is 1. The fourth-order valence-corrected chi connectivity index (χ4v) is 4.54. The Bertz CT molecular complexity index is 1520. The van der Waals surface area contributed by atoms with Gasteiger partial charge in [-0.15, -0.1) is 11.3 Å². The Kier molecular flexibility index (Phi) is 4.63. The molecule has 0 bridgehead atoms. The number of thiophene rings is 1. The minimum atomic E-state index is -0.201. The van der Waals surface area contributed by atoms with Gasteiger partial charge in [-0.05, 0) is 35.7 Å². The van der Waals surface area contributed by atoms with Crippen LogP contribution in [0.5, 0.6) is 0 Å². The lowest BCUT2D eigenvalue weighted by Gasteiger charge is -2.20. The number of fused-ring (bicyclic) bond motifs is 3. The lowest BCUT2D eigenvalue weighted by Crippen LogP contribution is -2.31. The van der Waals surface area contributed by atoms with Crippen LogP contribution >= 0.6 is 11.3 Å². The number of H-pyrrole nitrogens is 1. The molecule has 1 amide bonds. The summed E-state index contributed by atoms with van der Waals surface area (Å²) in [6.07, 6.45) is 0. The van der Waals surface area contributed by atoms with E-state index in [0.717, 1.165) is 0 Å². The fourth-order valence-electron chi connectivity index (χ4n) is 3.81. The third kappa shape index (κ3) is 3.30. The topological polar surface area (TPSA) is 88.1 Å². The van der Waals surface area contributed by atoms with Gasteiger partial charge in [0.25, 0.3) is 5.56 Å². The molecule has 5 rings (SSSR count). The Hall–Kier alpha value is -3.78. The standard InChI is InChI=1S/C23H18N4O3S/c1-26(12-19-24-16-10-11-31-22(16)23(30)25-19)20(28)13-27-17-8-4-2-6-14(17)21(29)15-7-3-5-9-18(15)27/h2-11H,12-13H2,1H3,(H,24,25,30). The van der Waals surface area contributed by atoms with E-state index in [1.54, 1.807) is 25.2 Å². The van der Waals surface area contributed by atoms with E-state index in [1.165, 1.54) is 16.2 Å². The van der Waals surface area contributed by atoms with Crippen molar-refractivity contribution in [2.45, 2.75) is 13.1 Å². The summed E-state index contributed by atoms with van der Waals surface area (Å²) in [6, 6.07) is 16.4. The number of nitrogens with zero attached hydrogens (tertiary/aromatic N) is 3. The van der Waals surface area contributed by atoms with Crippen LogP contribution in [0.2, 0.25) is 0 Å². The molecule has 31 heavy (non-hydrogen) atoms. The highest BCUT2D eigenvalue weighted by Gasteiger charge is 2.16. The van der Waals surface area contributed by atoms with E-state index in [2.05, 4.69) is 9.97 Å². The number of aromatic amines is 1. The molecule has 0 fully saturated rings. The van der Waals surface area contributed by atoms with Crippen molar-refractivity contribution in [3.05, 3.63) is 86.4 Å². The van der Waals surface area contributed by atoms with Crippen LogP contribution in [-0.2, 0) is 17.9 Å². The highest BCUT2D eigenvalue weighted by Crippen LogP contribution is 2.19. The maximum Gasteiger partial charge on any atom is 0.268 e. The smallest absolute Gasteiger partial charge is 0.268 e. The normalized spacial score (nSPS) is 11.4. The molecule has 154 valence electrons. The first-order valence-electron chi connectivity index (χ1n) is 9.73. The molecule has 0 saturated heterocycles. The molecule has 2 aromatic carbocycles. The number of para-hydroxylation sites is 2. The molecule has 8 heteroatoms. The molecular weight excluding hydrogens is 412 g/mol. The van der Waals surface area contributed by atoms with Crippen LogP contribution < -0.4 is 11.0 Å². The first-order chi connectivity index (χ1) is 15.0. The fraction of sp³-hybridized carbons (Fsp3) is 0.130. The van der Waals surface area contributed by atoms with Crippen molar-refractivity contribution in [2.24, 2.45) is 0 Å². The average Bonchev–Trinajstić information content (AvgIpc) is 3.26. The predicted molar refractivity (Wildman–Crippen MR) is 122 cm³/mol. The van der Waals surface area contributed by atoms with Crippen molar-refractivity contribution in [3.8, 4) is 0 Å². The number of nitrogens with one attached hydrogen (secondary N) is 1. The maximum atomic E-state index is 13.1. The van der Waals surface area contributed by atoms with Crippen molar-refractivity contribution in [3.63, 3.8) is 0 Å². The highest BCUT2D eigenvalue weighted by atomic mass is 32.1. The van der Waals surface area contributed by atoms with Crippen molar-refractivity contribution in [2.75, 3.05) is 7.05 Å². The summed E-state index contributed by atoms with van der Waals surface area (Å²) in [5.41, 5.74) is 1.79. The van der Waals surface area contributed by atoms with Crippen molar-refractivity contribution in [1.29, 1.82) is 0 Å². The summed E-state index contributed by atoms with van der Waals surface area (Å²) in [5.74, 6) is 0.272. The van der Waals surface area contributed by atoms with Crippen LogP contribution in [-0.4, -0.2) is 32.4 Å². The third-order valence-electron chi connectivity index (χ3n) is 5.35. The zero-order valence-corrected chi connectivity index (χ0v) is 17.5. The number of likely N-dealkylation sites (N-methyl/N-ethyl adjacent to an activating group) is 1. The molecule has 0 unspecified atom stereocenters. The quantitative estimate of drug-likeness (QED) is 0.444. The van der Waals surface area contributed by atoms with Crippen LogP contribution in [0, 0.1) is 0 Å². The van der Waals surface area contributed by atoms with Gasteiger partial charge < -0.3 is 14.5 Å². The van der Waals surface area contributed by atoms with Gasteiger partial charge in [0, 0.05) is 17.8 Å². The molecule has 0 spiro atoms. The molecular formula is C23H18N4O3S. The molecule has 1 N–H and O–H groups in total. The first kappa shape index (κ1) is 19.2. The van der Waals surface area contributed by atoms with E-state index < -0.39 is 0 Å². The van der Waals surface area contributed by atoms with E-state index >= 15 is 0 Å². The molecule has 3 aromatic heterocycles. The zero-order valence-electron chi connectivity index (χ0n) is 16.7. The van der Waals surface area contributed by atoms with Crippen LogP contribution in [0.25, 0.3) is 32.0 Å². The molecule has 0 atom stereocenters. The Morgan fingerprint density at radius 1 is 1.03 bits per heavy atom. The number of carbonyl (C=O) groups excluding carboxylic acids is 1. The minimum Gasteiger partial charge on any atom is -0.337 e. The second-order valence-electron chi connectivity index (χ2n) is 7.35. The zero-order chi connectivity index (χ0) is 21.5. The lowest BCUT2D eigenvalue weighted by atomic mass is 10.1. The van der Waals surface area contributed by atoms with Crippen LogP contribution in [0.3, 0.4) is 0 Å². The van der Waals surface area contributed by atoms with E-state index in [9.17, 15) is 14.4 Å². The monoisotopic (exact) mass is 430 g/mol. The molecule has 0 saturated carbocycles. The molecule has 5 aromatic rings. The van der Waals surface area contributed by atoms with Gasteiger partial charge in [-0.1, -0.05) is 24.3 Å². The number of benzene rings is 2. The molecule has 3 heterocycles. The van der Waals surface area contributed by atoms with Crippen LogP contribution in [0.15, 0.2) is 69.6 Å². The van der Waals surface area contributed by atoms with Gasteiger partial charge in [0.1, 0.15) is 17.1 Å². The Labute approximate surface area is 180 Å². The number of pyridine rings is 1. The summed E-state index contributed by atoms with van der Waals surface area (Å²) in [4.78, 5) is 46.9. The predicted octanol–water partition coefficient (Wildman–Crippen LogP) is 3.11. The van der Waals surface area contributed by atoms with Crippen LogP contribution in [0.1, 0.15) is 5.82 Å². The molecule has 0 aliphatic carbocycles. The van der Waals surface area contributed by atoms with Crippen molar-refractivity contribution >= 4 is 49.3 Å². The van der Waals surface area contributed by atoms with Gasteiger partial charge >= 0.3 is 0 Å². The van der Waals surface area contributed by atoms with Gasteiger partial charge in [0.2, 0.25) is 5.91 Å². The highest BCUT2D eigenvalue weighted by molar-refractivity contribution is 7.17. The second-order valence-corrected chi connectivity index (χ2v) is 8.26. The van der Waals surface area contributed by atoms with E-state index in [-0.39, 0.29) is 30.0 Å². The Balaban J connectivity index is 1.51. The number of aromatic nitrogens is 3. The third-order valence-corrected chi connectivity index (χ3v) is 6.25. The van der Waals surface area contributed by atoms with Gasteiger partial charge in [-0.2, -0.15) is 0 Å². The van der Waals surface area contributed by atoms with Crippen molar-refractivity contribution in [1.82, 2.24) is 19.4 Å². The van der Waals surface area contributed by atoms with Crippen molar-refractivity contribution < 1.29 is 4.79 Å². The number of hydrogen-bond donors (Lipinski definition) is 1. The maximum absolute atomic E-state index is 13.1. The molecule has 7 nitrogen and oxygen atoms in total. The molecule has 0 aliphatic rings. The van der Waals surface area contributed by atoms with Gasteiger partial charge in [0.05, 0.1) is 23.1 Å². The minimum absolute atomic E-state index is 0.0471. The lowest BCUT2D eigenvalue weighted by molar-refractivity contribution is -0.131. The van der Waals surface area contributed by atoms with E-state index in [1.807, 2.05) is 46.3 Å².